The number of carbonyl (C=O) groups is 1. The number of benzene rings is 4. The van der Waals surface area contributed by atoms with Gasteiger partial charge in [-0.15, -0.1) is 0 Å². The van der Waals surface area contributed by atoms with E-state index in [4.69, 9.17) is 13.9 Å². The number of rotatable bonds is 7. The molecule has 0 saturated carbocycles. The van der Waals surface area contributed by atoms with Crippen LogP contribution in [0, 0.1) is 0 Å². The van der Waals surface area contributed by atoms with Crippen molar-refractivity contribution < 1.29 is 18.7 Å². The van der Waals surface area contributed by atoms with Gasteiger partial charge in [-0.3, -0.25) is 4.79 Å². The Kier molecular flexibility index (Phi) is 7.98. The number of anilines is 1. The van der Waals surface area contributed by atoms with E-state index in [9.17, 15) is 4.79 Å². The first-order valence-electron chi connectivity index (χ1n) is 11.8. The molecule has 0 fully saturated rings. The van der Waals surface area contributed by atoms with Crippen LogP contribution in [0.4, 0.5) is 5.69 Å². The van der Waals surface area contributed by atoms with E-state index in [0.29, 0.717) is 40.6 Å². The molecule has 4 aromatic carbocycles. The van der Waals surface area contributed by atoms with E-state index in [2.05, 4.69) is 10.3 Å². The topological polar surface area (TPSA) is 73.6 Å². The third-order valence-electron chi connectivity index (χ3n) is 5.35. The molecule has 1 N–H and O–H groups in total. The standard InChI is InChI=1S/C28H22N2O4.C2H6/c1-32-23-12-9-21(10-13-23)28-30-25-17-22(11-16-26(25)34-28)29-27(31)20-7-14-24(15-8-20)33-18-19-5-3-2-4-6-19;1-2/h2-17H,18H2,1H3,(H,29,31);1-2H3. The smallest absolute Gasteiger partial charge is 0.255 e. The van der Waals surface area contributed by atoms with Crippen molar-refractivity contribution in [2.45, 2.75) is 20.5 Å². The summed E-state index contributed by atoms with van der Waals surface area (Å²) in [6.45, 7) is 4.47. The lowest BCUT2D eigenvalue weighted by molar-refractivity contribution is 0.102. The molecule has 6 heteroatoms. The number of hydrogen-bond acceptors (Lipinski definition) is 5. The van der Waals surface area contributed by atoms with Gasteiger partial charge in [0, 0.05) is 16.8 Å². The minimum absolute atomic E-state index is 0.215. The largest absolute Gasteiger partial charge is 0.497 e. The first-order chi connectivity index (χ1) is 17.7. The van der Waals surface area contributed by atoms with Gasteiger partial charge in [-0.1, -0.05) is 44.2 Å². The van der Waals surface area contributed by atoms with Crippen LogP contribution in [-0.4, -0.2) is 18.0 Å². The summed E-state index contributed by atoms with van der Waals surface area (Å²) in [6.07, 6.45) is 0. The number of aromatic nitrogens is 1. The van der Waals surface area contributed by atoms with E-state index in [1.165, 1.54) is 0 Å². The molecule has 182 valence electrons. The van der Waals surface area contributed by atoms with Crippen LogP contribution in [0.3, 0.4) is 0 Å². The van der Waals surface area contributed by atoms with Crippen molar-refractivity contribution in [3.05, 3.63) is 108 Å². The third kappa shape index (κ3) is 5.91. The Morgan fingerprint density at radius 3 is 2.25 bits per heavy atom. The van der Waals surface area contributed by atoms with Crippen molar-refractivity contribution in [1.29, 1.82) is 0 Å². The second-order valence-corrected chi connectivity index (χ2v) is 7.68. The zero-order valence-corrected chi connectivity index (χ0v) is 20.5. The molecule has 36 heavy (non-hydrogen) atoms. The molecule has 0 radical (unpaired) electrons. The average molecular weight is 481 g/mol. The fourth-order valence-electron chi connectivity index (χ4n) is 3.51. The molecule has 0 spiro atoms. The van der Waals surface area contributed by atoms with Gasteiger partial charge in [0.15, 0.2) is 5.58 Å². The molecule has 0 atom stereocenters. The lowest BCUT2D eigenvalue weighted by atomic mass is 10.2. The van der Waals surface area contributed by atoms with Gasteiger partial charge in [0.05, 0.1) is 7.11 Å². The normalized spacial score (nSPS) is 10.3. The zero-order chi connectivity index (χ0) is 25.3. The number of amides is 1. The van der Waals surface area contributed by atoms with E-state index in [1.807, 2.05) is 68.4 Å². The maximum atomic E-state index is 12.7. The van der Waals surface area contributed by atoms with Crippen LogP contribution in [0.1, 0.15) is 29.8 Å². The van der Waals surface area contributed by atoms with E-state index in [-0.39, 0.29) is 5.91 Å². The molecular weight excluding hydrogens is 452 g/mol. The number of nitrogens with one attached hydrogen (secondary N) is 1. The van der Waals surface area contributed by atoms with Gasteiger partial charge >= 0.3 is 0 Å². The highest BCUT2D eigenvalue weighted by atomic mass is 16.5. The van der Waals surface area contributed by atoms with Gasteiger partial charge in [-0.2, -0.15) is 0 Å². The molecule has 6 nitrogen and oxygen atoms in total. The Balaban J connectivity index is 0.00000148. The Morgan fingerprint density at radius 1 is 0.861 bits per heavy atom. The third-order valence-corrected chi connectivity index (χ3v) is 5.35. The number of carbonyl (C=O) groups excluding carboxylic acids is 1. The zero-order valence-electron chi connectivity index (χ0n) is 20.5. The van der Waals surface area contributed by atoms with Crippen LogP contribution in [0.15, 0.2) is 101 Å². The molecule has 0 aliphatic heterocycles. The summed E-state index contributed by atoms with van der Waals surface area (Å²) in [4.78, 5) is 17.3. The highest BCUT2D eigenvalue weighted by Crippen LogP contribution is 2.27. The van der Waals surface area contributed by atoms with Gasteiger partial charge in [-0.25, -0.2) is 4.98 Å². The maximum absolute atomic E-state index is 12.7. The molecule has 1 aromatic heterocycles. The number of fused-ring (bicyclic) bond motifs is 1. The summed E-state index contributed by atoms with van der Waals surface area (Å²) in [5.41, 5.74) is 4.40. The van der Waals surface area contributed by atoms with Gasteiger partial charge in [0.1, 0.15) is 23.6 Å². The molecule has 0 bridgehead atoms. The van der Waals surface area contributed by atoms with Crippen molar-refractivity contribution in [3.8, 4) is 23.0 Å². The van der Waals surface area contributed by atoms with Crippen molar-refractivity contribution in [3.63, 3.8) is 0 Å². The summed E-state index contributed by atoms with van der Waals surface area (Å²) in [5, 5.41) is 2.91. The van der Waals surface area contributed by atoms with Crippen LogP contribution in [0.5, 0.6) is 11.5 Å². The minimum atomic E-state index is -0.215. The molecule has 0 aliphatic carbocycles. The highest BCUT2D eigenvalue weighted by molar-refractivity contribution is 6.05. The Hall–Kier alpha value is -4.58. The quantitative estimate of drug-likeness (QED) is 0.263. The van der Waals surface area contributed by atoms with Crippen LogP contribution in [0.2, 0.25) is 0 Å². The lowest BCUT2D eigenvalue weighted by Crippen LogP contribution is -2.11. The average Bonchev–Trinajstić information content (AvgIpc) is 3.37. The second kappa shape index (κ2) is 11.7. The fourth-order valence-corrected chi connectivity index (χ4v) is 3.51. The molecule has 5 rings (SSSR count). The molecule has 0 aliphatic rings. The number of methoxy groups -OCH3 is 1. The van der Waals surface area contributed by atoms with Crippen molar-refractivity contribution in [2.24, 2.45) is 0 Å². The number of ether oxygens (including phenoxy) is 2. The molecule has 0 unspecified atom stereocenters. The van der Waals surface area contributed by atoms with Gasteiger partial charge in [0.25, 0.3) is 5.91 Å². The van der Waals surface area contributed by atoms with E-state index >= 15 is 0 Å². The molecule has 1 heterocycles. The Morgan fingerprint density at radius 2 is 1.56 bits per heavy atom. The van der Waals surface area contributed by atoms with E-state index in [1.54, 1.807) is 49.6 Å². The summed E-state index contributed by atoms with van der Waals surface area (Å²) in [5.74, 6) is 1.76. The first-order valence-corrected chi connectivity index (χ1v) is 11.8. The Bertz CT molecular complexity index is 1410. The van der Waals surface area contributed by atoms with E-state index in [0.717, 1.165) is 16.9 Å². The molecular formula is C30H28N2O4. The summed E-state index contributed by atoms with van der Waals surface area (Å²) in [6, 6.07) is 29.9. The first kappa shape index (κ1) is 24.5. The number of oxazole rings is 1. The van der Waals surface area contributed by atoms with Crippen LogP contribution in [-0.2, 0) is 6.61 Å². The van der Waals surface area contributed by atoms with Crippen LogP contribution < -0.4 is 14.8 Å². The molecule has 0 saturated heterocycles. The lowest BCUT2D eigenvalue weighted by Gasteiger charge is -2.08. The SMILES string of the molecule is CC.COc1ccc(-c2nc3cc(NC(=O)c4ccc(OCc5ccccc5)cc4)ccc3o2)cc1. The predicted molar refractivity (Wildman–Crippen MR) is 143 cm³/mol. The fraction of sp³-hybridized carbons (Fsp3) is 0.133. The number of nitrogens with zero attached hydrogens (tertiary/aromatic N) is 1. The van der Waals surface area contributed by atoms with Crippen molar-refractivity contribution >= 4 is 22.7 Å². The van der Waals surface area contributed by atoms with Crippen LogP contribution >= 0.6 is 0 Å². The molecule has 5 aromatic rings. The predicted octanol–water partition coefficient (Wildman–Crippen LogP) is 7.36. The molecule has 1 amide bonds. The number of hydrogen-bond donors (Lipinski definition) is 1. The van der Waals surface area contributed by atoms with Gasteiger partial charge in [-0.05, 0) is 72.3 Å². The van der Waals surface area contributed by atoms with Gasteiger partial charge < -0.3 is 19.2 Å². The van der Waals surface area contributed by atoms with Gasteiger partial charge in [0.2, 0.25) is 5.89 Å². The highest BCUT2D eigenvalue weighted by Gasteiger charge is 2.11. The van der Waals surface area contributed by atoms with Crippen LogP contribution in [0.25, 0.3) is 22.6 Å². The monoisotopic (exact) mass is 480 g/mol. The summed E-state index contributed by atoms with van der Waals surface area (Å²) >= 11 is 0. The summed E-state index contributed by atoms with van der Waals surface area (Å²) in [7, 11) is 1.62. The summed E-state index contributed by atoms with van der Waals surface area (Å²) < 4.78 is 16.8. The maximum Gasteiger partial charge on any atom is 0.255 e. The van der Waals surface area contributed by atoms with E-state index < -0.39 is 0 Å². The van der Waals surface area contributed by atoms with Crippen molar-refractivity contribution in [1.82, 2.24) is 4.98 Å². The van der Waals surface area contributed by atoms with Crippen molar-refractivity contribution in [2.75, 3.05) is 12.4 Å². The Labute approximate surface area is 210 Å². The minimum Gasteiger partial charge on any atom is -0.497 e. The second-order valence-electron chi connectivity index (χ2n) is 7.68.